The number of sulfone groups is 1. The molecule has 0 heterocycles. The molecule has 0 bridgehead atoms. The van der Waals surface area contributed by atoms with Crippen molar-refractivity contribution in [3.63, 3.8) is 0 Å². The van der Waals surface area contributed by atoms with Gasteiger partial charge in [-0.2, -0.15) is 0 Å². The monoisotopic (exact) mass is 270 g/mol. The second-order valence-corrected chi connectivity index (χ2v) is 7.17. The minimum Gasteiger partial charge on any atom is -0.323 e. The Morgan fingerprint density at radius 1 is 1.28 bits per heavy atom. The number of benzene rings is 1. The Kier molecular flexibility index (Phi) is 5.31. The summed E-state index contributed by atoms with van der Waals surface area (Å²) in [5.41, 5.74) is 8.37. The largest absolute Gasteiger partial charge is 0.323 e. The molecule has 1 rings (SSSR count). The molecule has 1 aromatic carbocycles. The van der Waals surface area contributed by atoms with Gasteiger partial charge in [0.2, 0.25) is 0 Å². The highest BCUT2D eigenvalue weighted by Crippen LogP contribution is 2.12. The Balaban J connectivity index is 2.49. The first-order valence-electron chi connectivity index (χ1n) is 5.96. The van der Waals surface area contributed by atoms with E-state index in [4.69, 9.17) is 5.73 Å². The molecule has 1 unspecified atom stereocenters. The Labute approximate surface area is 110 Å². The fourth-order valence-electron chi connectivity index (χ4n) is 1.67. The highest BCUT2D eigenvalue weighted by Gasteiger charge is 2.11. The van der Waals surface area contributed by atoms with Crippen molar-refractivity contribution < 1.29 is 8.42 Å². The third-order valence-electron chi connectivity index (χ3n) is 2.86. The van der Waals surface area contributed by atoms with Crippen LogP contribution >= 0.6 is 0 Å². The van der Waals surface area contributed by atoms with Gasteiger partial charge in [-0.1, -0.05) is 29.8 Å². The zero-order valence-electron chi connectivity index (χ0n) is 11.3. The summed E-state index contributed by atoms with van der Waals surface area (Å²) in [6.45, 7) is 3.20. The van der Waals surface area contributed by atoms with Crippen LogP contribution in [0.5, 0.6) is 0 Å². The first-order chi connectivity index (χ1) is 8.28. The van der Waals surface area contributed by atoms with E-state index < -0.39 is 9.84 Å². The maximum absolute atomic E-state index is 11.1. The van der Waals surface area contributed by atoms with Crippen molar-refractivity contribution in [2.24, 2.45) is 5.73 Å². The van der Waals surface area contributed by atoms with E-state index in [9.17, 15) is 8.42 Å². The van der Waals surface area contributed by atoms with Gasteiger partial charge in [0.1, 0.15) is 9.84 Å². The van der Waals surface area contributed by atoms with Gasteiger partial charge in [0.15, 0.2) is 0 Å². The standard InChI is InChI=1S/C13H22N2O2S/c1-11-4-6-12(7-5-11)13(14)10-15(2)8-9-18(3,16)17/h4-7,13H,8-10,14H2,1-3H3. The summed E-state index contributed by atoms with van der Waals surface area (Å²) in [5, 5.41) is 0. The SMILES string of the molecule is Cc1ccc(C(N)CN(C)CCS(C)(=O)=O)cc1. The molecule has 0 saturated carbocycles. The Hall–Kier alpha value is -0.910. The quantitative estimate of drug-likeness (QED) is 0.836. The maximum Gasteiger partial charge on any atom is 0.148 e. The fourth-order valence-corrected chi connectivity index (χ4v) is 2.31. The lowest BCUT2D eigenvalue weighted by Gasteiger charge is -2.21. The van der Waals surface area contributed by atoms with Crippen LogP contribution in [0.15, 0.2) is 24.3 Å². The zero-order chi connectivity index (χ0) is 13.8. The molecule has 0 radical (unpaired) electrons. The van der Waals surface area contributed by atoms with Crippen molar-refractivity contribution in [3.05, 3.63) is 35.4 Å². The average Bonchev–Trinajstić information content (AvgIpc) is 2.26. The summed E-state index contributed by atoms with van der Waals surface area (Å²) >= 11 is 0. The number of hydrogen-bond acceptors (Lipinski definition) is 4. The van der Waals surface area contributed by atoms with Crippen LogP contribution in [0.3, 0.4) is 0 Å². The Morgan fingerprint density at radius 3 is 2.33 bits per heavy atom. The van der Waals surface area contributed by atoms with Crippen LogP contribution in [-0.2, 0) is 9.84 Å². The molecule has 0 spiro atoms. The van der Waals surface area contributed by atoms with E-state index in [1.807, 2.05) is 43.1 Å². The first kappa shape index (κ1) is 15.1. The van der Waals surface area contributed by atoms with Crippen LogP contribution in [0.2, 0.25) is 0 Å². The minimum absolute atomic E-state index is 0.0878. The molecule has 4 nitrogen and oxygen atoms in total. The summed E-state index contributed by atoms with van der Waals surface area (Å²) in [5.74, 6) is 0.171. The number of hydrogen-bond donors (Lipinski definition) is 1. The van der Waals surface area contributed by atoms with Gasteiger partial charge in [-0.05, 0) is 19.5 Å². The van der Waals surface area contributed by atoms with Crippen molar-refractivity contribution in [2.75, 3.05) is 32.1 Å². The molecule has 1 atom stereocenters. The third kappa shape index (κ3) is 5.62. The van der Waals surface area contributed by atoms with Crippen LogP contribution in [0.1, 0.15) is 17.2 Å². The van der Waals surface area contributed by atoms with Gasteiger partial charge in [0, 0.05) is 25.4 Å². The lowest BCUT2D eigenvalue weighted by atomic mass is 10.1. The fraction of sp³-hybridized carbons (Fsp3) is 0.538. The molecule has 0 amide bonds. The molecular formula is C13H22N2O2S. The van der Waals surface area contributed by atoms with E-state index in [0.717, 1.165) is 5.56 Å². The van der Waals surface area contributed by atoms with Gasteiger partial charge in [-0.3, -0.25) is 0 Å². The van der Waals surface area contributed by atoms with Gasteiger partial charge < -0.3 is 10.6 Å². The Morgan fingerprint density at radius 2 is 1.83 bits per heavy atom. The molecule has 0 aliphatic heterocycles. The Bertz CT molecular complexity index is 468. The van der Waals surface area contributed by atoms with Crippen molar-refractivity contribution in [3.8, 4) is 0 Å². The summed E-state index contributed by atoms with van der Waals surface area (Å²) < 4.78 is 22.1. The number of rotatable bonds is 6. The first-order valence-corrected chi connectivity index (χ1v) is 8.02. The summed E-state index contributed by atoms with van der Waals surface area (Å²) in [6, 6.07) is 8.02. The second-order valence-electron chi connectivity index (χ2n) is 4.91. The number of nitrogens with zero attached hydrogens (tertiary/aromatic N) is 1. The highest BCUT2D eigenvalue weighted by molar-refractivity contribution is 7.90. The predicted molar refractivity (Wildman–Crippen MR) is 75.3 cm³/mol. The van der Waals surface area contributed by atoms with Gasteiger partial charge in [-0.15, -0.1) is 0 Å². The van der Waals surface area contributed by atoms with E-state index in [1.165, 1.54) is 11.8 Å². The molecule has 0 aliphatic carbocycles. The number of likely N-dealkylation sites (N-methyl/N-ethyl adjacent to an activating group) is 1. The van der Waals surface area contributed by atoms with Gasteiger partial charge >= 0.3 is 0 Å². The van der Waals surface area contributed by atoms with Crippen LogP contribution in [0, 0.1) is 6.92 Å². The summed E-state index contributed by atoms with van der Waals surface area (Å²) in [7, 11) is -1.02. The van der Waals surface area contributed by atoms with Crippen LogP contribution in [-0.4, -0.2) is 45.5 Å². The molecule has 18 heavy (non-hydrogen) atoms. The van der Waals surface area contributed by atoms with Crippen molar-refractivity contribution >= 4 is 9.84 Å². The number of nitrogens with two attached hydrogens (primary N) is 1. The molecule has 0 saturated heterocycles. The zero-order valence-corrected chi connectivity index (χ0v) is 12.1. The van der Waals surface area contributed by atoms with E-state index in [2.05, 4.69) is 0 Å². The van der Waals surface area contributed by atoms with Crippen LogP contribution in [0.25, 0.3) is 0 Å². The predicted octanol–water partition coefficient (Wildman–Crippen LogP) is 0.971. The molecular weight excluding hydrogens is 248 g/mol. The molecule has 5 heteroatoms. The van der Waals surface area contributed by atoms with Gasteiger partial charge in [-0.25, -0.2) is 8.42 Å². The molecule has 0 aromatic heterocycles. The highest BCUT2D eigenvalue weighted by atomic mass is 32.2. The lowest BCUT2D eigenvalue weighted by Crippen LogP contribution is -2.32. The normalized spacial score (nSPS) is 13.8. The van der Waals surface area contributed by atoms with E-state index in [-0.39, 0.29) is 11.8 Å². The maximum atomic E-state index is 11.1. The van der Waals surface area contributed by atoms with Crippen molar-refractivity contribution in [1.82, 2.24) is 4.90 Å². The molecule has 0 aliphatic rings. The van der Waals surface area contributed by atoms with Crippen molar-refractivity contribution in [2.45, 2.75) is 13.0 Å². The van der Waals surface area contributed by atoms with Crippen LogP contribution < -0.4 is 5.73 Å². The molecule has 102 valence electrons. The lowest BCUT2D eigenvalue weighted by molar-refractivity contribution is 0.329. The molecule has 1 aromatic rings. The van der Waals surface area contributed by atoms with E-state index in [1.54, 1.807) is 0 Å². The summed E-state index contributed by atoms with van der Waals surface area (Å²) in [4.78, 5) is 1.95. The second kappa shape index (κ2) is 6.31. The van der Waals surface area contributed by atoms with Crippen molar-refractivity contribution in [1.29, 1.82) is 0 Å². The molecule has 0 fully saturated rings. The van der Waals surface area contributed by atoms with Gasteiger partial charge in [0.05, 0.1) is 5.75 Å². The summed E-state index contributed by atoms with van der Waals surface area (Å²) in [6.07, 6.45) is 1.25. The van der Waals surface area contributed by atoms with Crippen LogP contribution in [0.4, 0.5) is 0 Å². The average molecular weight is 270 g/mol. The number of aryl methyl sites for hydroxylation is 1. The van der Waals surface area contributed by atoms with Gasteiger partial charge in [0.25, 0.3) is 0 Å². The third-order valence-corrected chi connectivity index (χ3v) is 3.78. The van der Waals surface area contributed by atoms with E-state index >= 15 is 0 Å². The minimum atomic E-state index is -2.91. The topological polar surface area (TPSA) is 63.4 Å². The molecule has 2 N–H and O–H groups in total. The van der Waals surface area contributed by atoms with E-state index in [0.29, 0.717) is 13.1 Å². The smallest absolute Gasteiger partial charge is 0.148 e.